The average molecular weight is 192 g/mol. The molecule has 1 atom stereocenters. The molecule has 1 unspecified atom stereocenters. The van der Waals surface area contributed by atoms with Crippen LogP contribution in [-0.4, -0.2) is 19.6 Å². The van der Waals surface area contributed by atoms with E-state index in [0.29, 0.717) is 6.04 Å². The van der Waals surface area contributed by atoms with Crippen LogP contribution in [0.4, 0.5) is 5.69 Å². The number of para-hydroxylation sites is 1. The van der Waals surface area contributed by atoms with E-state index in [9.17, 15) is 0 Å². The van der Waals surface area contributed by atoms with Gasteiger partial charge in [-0.3, -0.25) is 0 Å². The van der Waals surface area contributed by atoms with Gasteiger partial charge in [-0.25, -0.2) is 0 Å². The van der Waals surface area contributed by atoms with Gasteiger partial charge in [0.25, 0.3) is 0 Å². The molecule has 0 aromatic heterocycles. The second-order valence-electron chi connectivity index (χ2n) is 3.88. The van der Waals surface area contributed by atoms with Crippen LogP contribution in [0.2, 0.25) is 0 Å². The average Bonchev–Trinajstić information content (AvgIpc) is 2.18. The summed E-state index contributed by atoms with van der Waals surface area (Å²) in [5, 5.41) is 0. The van der Waals surface area contributed by atoms with Crippen molar-refractivity contribution in [1.29, 1.82) is 0 Å². The van der Waals surface area contributed by atoms with Gasteiger partial charge < -0.3 is 10.6 Å². The van der Waals surface area contributed by atoms with Crippen molar-refractivity contribution in [3.05, 3.63) is 30.3 Å². The van der Waals surface area contributed by atoms with Crippen LogP contribution in [-0.2, 0) is 0 Å². The Bertz CT molecular complexity index is 244. The number of anilines is 1. The van der Waals surface area contributed by atoms with Gasteiger partial charge >= 0.3 is 0 Å². The highest BCUT2D eigenvalue weighted by atomic mass is 15.1. The van der Waals surface area contributed by atoms with E-state index in [1.165, 1.54) is 5.69 Å². The first kappa shape index (κ1) is 11.1. The van der Waals surface area contributed by atoms with Gasteiger partial charge in [0.1, 0.15) is 0 Å². The Morgan fingerprint density at radius 1 is 1.29 bits per heavy atom. The highest BCUT2D eigenvalue weighted by Gasteiger charge is 2.00. The third-order valence-corrected chi connectivity index (χ3v) is 2.35. The van der Waals surface area contributed by atoms with Crippen LogP contribution in [0.25, 0.3) is 0 Å². The predicted octanol–water partition coefficient (Wildman–Crippen LogP) is 2.25. The maximum atomic E-state index is 5.70. The fourth-order valence-electron chi connectivity index (χ4n) is 1.46. The summed E-state index contributed by atoms with van der Waals surface area (Å²) in [4.78, 5) is 2.27. The molecule has 0 fully saturated rings. The smallest absolute Gasteiger partial charge is 0.0363 e. The molecule has 14 heavy (non-hydrogen) atoms. The van der Waals surface area contributed by atoms with E-state index in [1.807, 2.05) is 6.07 Å². The van der Waals surface area contributed by atoms with Gasteiger partial charge in [0.15, 0.2) is 0 Å². The first-order valence-electron chi connectivity index (χ1n) is 5.22. The minimum atomic E-state index is 0.319. The van der Waals surface area contributed by atoms with Crippen molar-refractivity contribution < 1.29 is 0 Å². The highest BCUT2D eigenvalue weighted by Crippen LogP contribution is 2.11. The van der Waals surface area contributed by atoms with E-state index < -0.39 is 0 Å². The van der Waals surface area contributed by atoms with Gasteiger partial charge in [-0.1, -0.05) is 18.2 Å². The second kappa shape index (κ2) is 5.66. The number of benzene rings is 1. The molecule has 0 radical (unpaired) electrons. The van der Waals surface area contributed by atoms with E-state index in [2.05, 4.69) is 43.1 Å². The van der Waals surface area contributed by atoms with Gasteiger partial charge in [0, 0.05) is 25.3 Å². The molecular weight excluding hydrogens is 172 g/mol. The summed E-state index contributed by atoms with van der Waals surface area (Å²) in [7, 11) is 2.12. The molecular formula is C12H20N2. The molecule has 0 saturated carbocycles. The zero-order chi connectivity index (χ0) is 10.4. The van der Waals surface area contributed by atoms with Crippen molar-refractivity contribution >= 4 is 5.69 Å². The lowest BCUT2D eigenvalue weighted by molar-refractivity contribution is 0.621. The van der Waals surface area contributed by atoms with Crippen LogP contribution in [0.5, 0.6) is 0 Å². The number of nitrogens with two attached hydrogens (primary N) is 1. The minimum absolute atomic E-state index is 0.319. The lowest BCUT2D eigenvalue weighted by Crippen LogP contribution is -2.21. The molecule has 0 saturated heterocycles. The SMILES string of the molecule is CC(N)CCCN(C)c1ccccc1. The normalized spacial score (nSPS) is 12.5. The summed E-state index contributed by atoms with van der Waals surface area (Å²) in [6, 6.07) is 10.8. The number of rotatable bonds is 5. The minimum Gasteiger partial charge on any atom is -0.375 e. The Hall–Kier alpha value is -1.02. The second-order valence-corrected chi connectivity index (χ2v) is 3.88. The van der Waals surface area contributed by atoms with E-state index in [4.69, 9.17) is 5.73 Å². The van der Waals surface area contributed by atoms with E-state index in [-0.39, 0.29) is 0 Å². The van der Waals surface area contributed by atoms with Crippen molar-refractivity contribution in [2.75, 3.05) is 18.5 Å². The van der Waals surface area contributed by atoms with Crippen molar-refractivity contribution in [2.24, 2.45) is 5.73 Å². The van der Waals surface area contributed by atoms with Crippen LogP contribution in [0.1, 0.15) is 19.8 Å². The van der Waals surface area contributed by atoms with Crippen molar-refractivity contribution in [3.8, 4) is 0 Å². The van der Waals surface area contributed by atoms with Crippen LogP contribution >= 0.6 is 0 Å². The highest BCUT2D eigenvalue weighted by molar-refractivity contribution is 5.44. The van der Waals surface area contributed by atoms with Gasteiger partial charge in [0.05, 0.1) is 0 Å². The Kier molecular flexibility index (Phi) is 4.47. The van der Waals surface area contributed by atoms with Crippen molar-refractivity contribution in [2.45, 2.75) is 25.8 Å². The zero-order valence-electron chi connectivity index (χ0n) is 9.11. The van der Waals surface area contributed by atoms with Gasteiger partial charge in [-0.2, -0.15) is 0 Å². The van der Waals surface area contributed by atoms with E-state index in [1.54, 1.807) is 0 Å². The third-order valence-electron chi connectivity index (χ3n) is 2.35. The van der Waals surface area contributed by atoms with Crippen LogP contribution in [0.15, 0.2) is 30.3 Å². The lowest BCUT2D eigenvalue weighted by Gasteiger charge is -2.19. The van der Waals surface area contributed by atoms with Crippen molar-refractivity contribution in [3.63, 3.8) is 0 Å². The standard InChI is InChI=1S/C12H20N2/c1-11(13)7-6-10-14(2)12-8-4-3-5-9-12/h3-5,8-9,11H,6-7,10,13H2,1-2H3. The summed E-state index contributed by atoms with van der Waals surface area (Å²) in [6.45, 7) is 3.13. The molecule has 2 nitrogen and oxygen atoms in total. The third kappa shape index (κ3) is 3.79. The van der Waals surface area contributed by atoms with Crippen LogP contribution in [0.3, 0.4) is 0 Å². The molecule has 0 aliphatic carbocycles. The monoisotopic (exact) mass is 192 g/mol. The van der Waals surface area contributed by atoms with Gasteiger partial charge in [0.2, 0.25) is 0 Å². The van der Waals surface area contributed by atoms with Crippen molar-refractivity contribution in [1.82, 2.24) is 0 Å². The largest absolute Gasteiger partial charge is 0.375 e. The molecule has 1 aromatic rings. The van der Waals surface area contributed by atoms with E-state index >= 15 is 0 Å². The fourth-order valence-corrected chi connectivity index (χ4v) is 1.46. The fraction of sp³-hybridized carbons (Fsp3) is 0.500. The lowest BCUT2D eigenvalue weighted by atomic mass is 10.2. The maximum absolute atomic E-state index is 5.70. The molecule has 2 heteroatoms. The molecule has 0 aliphatic heterocycles. The number of hydrogen-bond acceptors (Lipinski definition) is 2. The molecule has 0 bridgehead atoms. The quantitative estimate of drug-likeness (QED) is 0.775. The Morgan fingerprint density at radius 2 is 1.93 bits per heavy atom. The van der Waals surface area contributed by atoms with E-state index in [0.717, 1.165) is 19.4 Å². The molecule has 2 N–H and O–H groups in total. The topological polar surface area (TPSA) is 29.3 Å². The summed E-state index contributed by atoms with van der Waals surface area (Å²) in [5.41, 5.74) is 6.97. The molecule has 78 valence electrons. The Balaban J connectivity index is 2.32. The molecule has 1 aromatic carbocycles. The van der Waals surface area contributed by atoms with Gasteiger partial charge in [-0.05, 0) is 31.9 Å². The van der Waals surface area contributed by atoms with Crippen LogP contribution < -0.4 is 10.6 Å². The maximum Gasteiger partial charge on any atom is 0.0363 e. The summed E-state index contributed by atoms with van der Waals surface area (Å²) >= 11 is 0. The summed E-state index contributed by atoms with van der Waals surface area (Å²) in [5.74, 6) is 0. The molecule has 0 heterocycles. The molecule has 0 amide bonds. The Morgan fingerprint density at radius 3 is 2.50 bits per heavy atom. The number of nitrogens with zero attached hydrogens (tertiary/aromatic N) is 1. The number of hydrogen-bond donors (Lipinski definition) is 1. The molecule has 1 rings (SSSR count). The molecule has 0 spiro atoms. The first-order chi connectivity index (χ1) is 6.70. The van der Waals surface area contributed by atoms with Crippen LogP contribution in [0, 0.1) is 0 Å². The first-order valence-corrected chi connectivity index (χ1v) is 5.22. The summed E-state index contributed by atoms with van der Waals surface area (Å²) in [6.07, 6.45) is 2.25. The molecule has 0 aliphatic rings. The Labute approximate surface area is 86.7 Å². The summed E-state index contributed by atoms with van der Waals surface area (Å²) < 4.78 is 0. The predicted molar refractivity (Wildman–Crippen MR) is 62.6 cm³/mol. The zero-order valence-corrected chi connectivity index (χ0v) is 9.11. The van der Waals surface area contributed by atoms with Gasteiger partial charge in [-0.15, -0.1) is 0 Å².